The molecule has 2 aromatic carbocycles. The molecule has 0 saturated carbocycles. The van der Waals surface area contributed by atoms with Gasteiger partial charge in [-0.3, -0.25) is 14.6 Å². The highest BCUT2D eigenvalue weighted by molar-refractivity contribution is 6.46. The Morgan fingerprint density at radius 3 is 2.37 bits per heavy atom. The zero-order chi connectivity index (χ0) is 19.0. The number of carbonyl (C=O) groups is 2. The number of aryl methyl sites for hydroxylation is 2. The number of hydrogen-bond acceptors (Lipinski definition) is 3. The Bertz CT molecular complexity index is 940. The maximum absolute atomic E-state index is 12.7. The van der Waals surface area contributed by atoms with Crippen LogP contribution in [0.15, 0.2) is 53.5 Å². The lowest BCUT2D eigenvalue weighted by Gasteiger charge is -2.37. The largest absolute Gasteiger partial charge is 0.338 e. The zero-order valence-corrected chi connectivity index (χ0v) is 15.7. The summed E-state index contributed by atoms with van der Waals surface area (Å²) >= 11 is 0. The summed E-state index contributed by atoms with van der Waals surface area (Å²) in [6.45, 7) is 5.15. The predicted octanol–water partition coefficient (Wildman–Crippen LogP) is 2.85. The molecule has 1 fully saturated rings. The first-order chi connectivity index (χ1) is 13.0. The first-order valence-corrected chi connectivity index (χ1v) is 9.31. The maximum atomic E-state index is 12.7. The minimum Gasteiger partial charge on any atom is -0.338 e. The van der Waals surface area contributed by atoms with E-state index in [1.165, 1.54) is 0 Å². The third-order valence-electron chi connectivity index (χ3n) is 5.32. The Morgan fingerprint density at radius 2 is 1.70 bits per heavy atom. The van der Waals surface area contributed by atoms with Gasteiger partial charge in [0.2, 0.25) is 0 Å². The monoisotopic (exact) mass is 361 g/mol. The van der Waals surface area contributed by atoms with E-state index in [0.717, 1.165) is 16.7 Å². The Labute approximate surface area is 159 Å². The molecule has 2 amide bonds. The zero-order valence-electron chi connectivity index (χ0n) is 15.7. The first kappa shape index (κ1) is 17.5. The van der Waals surface area contributed by atoms with E-state index in [1.54, 1.807) is 0 Å². The van der Waals surface area contributed by atoms with Crippen LogP contribution in [0.4, 0.5) is 0 Å². The molecule has 0 bridgehead atoms. The number of piperidine rings is 1. The second kappa shape index (κ2) is 6.65. The van der Waals surface area contributed by atoms with Crippen LogP contribution in [-0.4, -0.2) is 41.2 Å². The van der Waals surface area contributed by atoms with Gasteiger partial charge in [0.1, 0.15) is 11.4 Å². The number of hydrogen-bond donors (Lipinski definition) is 1. The third-order valence-corrected chi connectivity index (χ3v) is 5.32. The van der Waals surface area contributed by atoms with E-state index in [2.05, 4.69) is 5.32 Å². The lowest BCUT2D eigenvalue weighted by atomic mass is 9.97. The van der Waals surface area contributed by atoms with Crippen molar-refractivity contribution in [3.05, 3.63) is 70.8 Å². The highest BCUT2D eigenvalue weighted by atomic mass is 16.2. The van der Waals surface area contributed by atoms with Gasteiger partial charge in [0.05, 0.1) is 0 Å². The van der Waals surface area contributed by atoms with Gasteiger partial charge in [0.25, 0.3) is 11.8 Å². The van der Waals surface area contributed by atoms with Crippen LogP contribution >= 0.6 is 0 Å². The number of nitrogens with one attached hydrogen (secondary N) is 1. The Balaban J connectivity index is 1.50. The number of aliphatic imine (C=N–C) groups is 1. The topological polar surface area (TPSA) is 61.8 Å². The molecule has 4 rings (SSSR count). The number of amides is 2. The van der Waals surface area contributed by atoms with Crippen molar-refractivity contribution in [3.63, 3.8) is 0 Å². The maximum Gasteiger partial charge on any atom is 0.272 e. The lowest BCUT2D eigenvalue weighted by molar-refractivity contribution is -0.115. The van der Waals surface area contributed by atoms with Crippen LogP contribution in [0.1, 0.15) is 39.9 Å². The van der Waals surface area contributed by atoms with Gasteiger partial charge in [-0.05, 0) is 32.0 Å². The summed E-state index contributed by atoms with van der Waals surface area (Å²) in [6.07, 6.45) is 1.26. The van der Waals surface area contributed by atoms with Gasteiger partial charge in [0, 0.05) is 37.1 Å². The van der Waals surface area contributed by atoms with Crippen LogP contribution in [0.5, 0.6) is 0 Å². The summed E-state index contributed by atoms with van der Waals surface area (Å²) in [4.78, 5) is 31.9. The van der Waals surface area contributed by atoms with Crippen LogP contribution in [-0.2, 0) is 4.79 Å². The standard InChI is InChI=1S/C22H23N3O2/c1-15-5-3-7-17(13-15)19-20(26)24-22(23-19)9-11-25(12-10-22)21(27)18-8-4-6-16(2)14-18/h3-8,13-14H,9-12H2,1-2H3,(H,24,26). The van der Waals surface area contributed by atoms with Crippen molar-refractivity contribution in [2.24, 2.45) is 4.99 Å². The molecule has 1 N–H and O–H groups in total. The van der Waals surface area contributed by atoms with Crippen LogP contribution in [0.3, 0.4) is 0 Å². The fraction of sp³-hybridized carbons (Fsp3) is 0.318. The highest BCUT2D eigenvalue weighted by Crippen LogP contribution is 2.29. The first-order valence-electron chi connectivity index (χ1n) is 9.31. The molecule has 0 aromatic heterocycles. The second-order valence-corrected chi connectivity index (χ2v) is 7.48. The van der Waals surface area contributed by atoms with Crippen molar-refractivity contribution in [2.45, 2.75) is 32.4 Å². The third kappa shape index (κ3) is 3.37. The number of benzene rings is 2. The van der Waals surface area contributed by atoms with Crippen molar-refractivity contribution in [1.29, 1.82) is 0 Å². The van der Waals surface area contributed by atoms with Crippen LogP contribution in [0.25, 0.3) is 0 Å². The van der Waals surface area contributed by atoms with Crippen LogP contribution in [0, 0.1) is 13.8 Å². The SMILES string of the molecule is Cc1cccc(C(=O)N2CCC3(CC2)N=C(c2cccc(C)c2)C(=O)N3)c1. The van der Waals surface area contributed by atoms with Gasteiger partial charge >= 0.3 is 0 Å². The summed E-state index contributed by atoms with van der Waals surface area (Å²) < 4.78 is 0. The van der Waals surface area contributed by atoms with E-state index in [0.29, 0.717) is 37.2 Å². The van der Waals surface area contributed by atoms with E-state index in [1.807, 2.05) is 67.3 Å². The number of carbonyl (C=O) groups excluding carboxylic acids is 2. The molecule has 0 unspecified atom stereocenters. The quantitative estimate of drug-likeness (QED) is 0.894. The molecule has 1 spiro atoms. The summed E-state index contributed by atoms with van der Waals surface area (Å²) in [5.41, 5.74) is 3.65. The van der Waals surface area contributed by atoms with Crippen molar-refractivity contribution >= 4 is 17.5 Å². The highest BCUT2D eigenvalue weighted by Gasteiger charge is 2.42. The number of rotatable bonds is 2. The van der Waals surface area contributed by atoms with Crippen molar-refractivity contribution in [3.8, 4) is 0 Å². The summed E-state index contributed by atoms with van der Waals surface area (Å²) in [5.74, 6) is -0.0835. The summed E-state index contributed by atoms with van der Waals surface area (Å²) in [5, 5.41) is 3.07. The van der Waals surface area contributed by atoms with E-state index >= 15 is 0 Å². The molecular formula is C22H23N3O2. The molecule has 27 heavy (non-hydrogen) atoms. The summed E-state index contributed by atoms with van der Waals surface area (Å²) in [7, 11) is 0. The Morgan fingerprint density at radius 1 is 1.04 bits per heavy atom. The molecule has 2 aliphatic heterocycles. The van der Waals surface area contributed by atoms with Crippen molar-refractivity contribution < 1.29 is 9.59 Å². The molecular weight excluding hydrogens is 338 g/mol. The van der Waals surface area contributed by atoms with E-state index < -0.39 is 5.66 Å². The molecule has 5 nitrogen and oxygen atoms in total. The molecule has 0 radical (unpaired) electrons. The minimum absolute atomic E-state index is 0.0424. The van der Waals surface area contributed by atoms with Crippen LogP contribution in [0.2, 0.25) is 0 Å². The average molecular weight is 361 g/mol. The number of likely N-dealkylation sites (tertiary alicyclic amines) is 1. The second-order valence-electron chi connectivity index (χ2n) is 7.48. The molecule has 1 saturated heterocycles. The van der Waals surface area contributed by atoms with Gasteiger partial charge in [-0.2, -0.15) is 0 Å². The fourth-order valence-electron chi connectivity index (χ4n) is 3.83. The molecule has 0 atom stereocenters. The predicted molar refractivity (Wildman–Crippen MR) is 105 cm³/mol. The van der Waals surface area contributed by atoms with Gasteiger partial charge in [-0.15, -0.1) is 0 Å². The summed E-state index contributed by atoms with van der Waals surface area (Å²) in [6, 6.07) is 15.5. The molecule has 5 heteroatoms. The van der Waals surface area contributed by atoms with E-state index in [9.17, 15) is 9.59 Å². The molecule has 2 heterocycles. The van der Waals surface area contributed by atoms with Crippen LogP contribution < -0.4 is 5.32 Å². The van der Waals surface area contributed by atoms with Gasteiger partial charge in [-0.1, -0.05) is 41.5 Å². The van der Waals surface area contributed by atoms with E-state index in [-0.39, 0.29) is 11.8 Å². The molecule has 138 valence electrons. The van der Waals surface area contributed by atoms with Gasteiger partial charge in [-0.25, -0.2) is 0 Å². The normalized spacial score (nSPS) is 18.4. The number of nitrogens with zero attached hydrogens (tertiary/aromatic N) is 2. The Hall–Kier alpha value is -2.95. The van der Waals surface area contributed by atoms with Crippen molar-refractivity contribution in [1.82, 2.24) is 10.2 Å². The Kier molecular flexibility index (Phi) is 4.30. The van der Waals surface area contributed by atoms with Gasteiger partial charge in [0.15, 0.2) is 0 Å². The van der Waals surface area contributed by atoms with E-state index in [4.69, 9.17) is 4.99 Å². The minimum atomic E-state index is -0.584. The fourth-order valence-corrected chi connectivity index (χ4v) is 3.83. The molecule has 2 aromatic rings. The molecule has 2 aliphatic rings. The average Bonchev–Trinajstić information content (AvgIpc) is 2.98. The van der Waals surface area contributed by atoms with Crippen molar-refractivity contribution in [2.75, 3.05) is 13.1 Å². The smallest absolute Gasteiger partial charge is 0.272 e. The molecule has 0 aliphatic carbocycles. The lowest BCUT2D eigenvalue weighted by Crippen LogP contribution is -2.52. The van der Waals surface area contributed by atoms with Gasteiger partial charge < -0.3 is 10.2 Å².